The zero-order valence-corrected chi connectivity index (χ0v) is 18.3. The van der Waals surface area contributed by atoms with E-state index in [1.54, 1.807) is 18.3 Å². The normalized spacial score (nSPS) is 16.2. The quantitative estimate of drug-likeness (QED) is 0.550. The summed E-state index contributed by atoms with van der Waals surface area (Å²) in [5.74, 6) is 0. The summed E-state index contributed by atoms with van der Waals surface area (Å²) in [6.07, 6.45) is 2.31. The highest BCUT2D eigenvalue weighted by Gasteiger charge is 2.32. The van der Waals surface area contributed by atoms with Gasteiger partial charge in [0.1, 0.15) is 0 Å². The molecule has 158 valence electrons. The molecule has 0 spiro atoms. The lowest BCUT2D eigenvalue weighted by atomic mass is 10.1. The van der Waals surface area contributed by atoms with Crippen molar-refractivity contribution < 1.29 is 8.42 Å². The highest BCUT2D eigenvalue weighted by molar-refractivity contribution is 7.89. The fraction of sp³-hybridized carbons (Fsp3) is 0.316. The first-order chi connectivity index (χ1) is 14.2. The average molecular weight is 469 g/mol. The van der Waals surface area contributed by atoms with Crippen molar-refractivity contribution in [3.63, 3.8) is 0 Å². The maximum absolute atomic E-state index is 13.0. The van der Waals surface area contributed by atoms with E-state index >= 15 is 0 Å². The van der Waals surface area contributed by atoms with Gasteiger partial charge in [-0.25, -0.2) is 13.4 Å². The Bertz CT molecular complexity index is 1360. The van der Waals surface area contributed by atoms with E-state index in [2.05, 4.69) is 4.98 Å². The van der Waals surface area contributed by atoms with Crippen molar-refractivity contribution in [2.24, 2.45) is 7.05 Å². The molecule has 0 bridgehead atoms. The molecule has 0 amide bonds. The molecule has 8 nitrogen and oxygen atoms in total. The van der Waals surface area contributed by atoms with E-state index in [0.29, 0.717) is 24.0 Å². The number of aromatic nitrogens is 3. The highest BCUT2D eigenvalue weighted by Crippen LogP contribution is 2.30. The van der Waals surface area contributed by atoms with Crippen LogP contribution < -0.4 is 11.1 Å². The molecule has 0 aliphatic carbocycles. The Balaban J connectivity index is 1.65. The monoisotopic (exact) mass is 468 g/mol. The first kappa shape index (κ1) is 21.0. The minimum Gasteiger partial charge on any atom is -0.304 e. The van der Waals surface area contributed by atoms with E-state index in [1.165, 1.54) is 38.7 Å². The van der Waals surface area contributed by atoms with Gasteiger partial charge in [-0.3, -0.25) is 14.2 Å². The van der Waals surface area contributed by atoms with Crippen molar-refractivity contribution in [2.75, 3.05) is 13.1 Å². The van der Waals surface area contributed by atoms with Crippen LogP contribution in [0.1, 0.15) is 18.9 Å². The molecule has 1 aliphatic heterocycles. The molecule has 0 radical (unpaired) electrons. The van der Waals surface area contributed by atoms with Crippen LogP contribution in [0.15, 0.2) is 51.0 Å². The topological polar surface area (TPSA) is 94.3 Å². The minimum absolute atomic E-state index is 0.0632. The number of fused-ring (bicyclic) bond motifs is 1. The van der Waals surface area contributed by atoms with Crippen molar-refractivity contribution in [3.8, 4) is 0 Å². The third kappa shape index (κ3) is 3.45. The Morgan fingerprint density at radius 1 is 1.03 bits per heavy atom. The number of hydrogen-bond donors (Lipinski definition) is 0. The molecule has 3 heterocycles. The lowest BCUT2D eigenvalue weighted by molar-refractivity contribution is 0.273. The minimum atomic E-state index is -3.75. The predicted octanol–water partition coefficient (Wildman–Crippen LogP) is 2.43. The SMILES string of the molecule is Cn1c(=O)c(=O)n(C2CCN(S(=O)(=O)c3ccc(Cl)c(Cl)c3)CC2)c2ncccc21. The van der Waals surface area contributed by atoms with Gasteiger partial charge in [0.25, 0.3) is 0 Å². The van der Waals surface area contributed by atoms with Gasteiger partial charge in [0, 0.05) is 32.4 Å². The van der Waals surface area contributed by atoms with Crippen LogP contribution in [-0.4, -0.2) is 39.9 Å². The Morgan fingerprint density at radius 3 is 2.40 bits per heavy atom. The fourth-order valence-corrected chi connectivity index (χ4v) is 5.61. The van der Waals surface area contributed by atoms with Crippen molar-refractivity contribution in [2.45, 2.75) is 23.8 Å². The summed E-state index contributed by atoms with van der Waals surface area (Å²) in [4.78, 5) is 29.4. The third-order valence-electron chi connectivity index (χ3n) is 5.38. The molecule has 1 saturated heterocycles. The second kappa shape index (κ2) is 7.81. The molecule has 0 unspecified atom stereocenters. The van der Waals surface area contributed by atoms with Crippen molar-refractivity contribution >= 4 is 44.4 Å². The Morgan fingerprint density at radius 2 is 1.73 bits per heavy atom. The molecule has 0 N–H and O–H groups in total. The molecule has 1 fully saturated rings. The lowest BCUT2D eigenvalue weighted by Crippen LogP contribution is -2.46. The van der Waals surface area contributed by atoms with Crippen LogP contribution in [0.4, 0.5) is 0 Å². The molecule has 0 saturated carbocycles. The summed E-state index contributed by atoms with van der Waals surface area (Å²) < 4.78 is 30.0. The molecule has 2 aromatic heterocycles. The van der Waals surface area contributed by atoms with E-state index in [4.69, 9.17) is 23.2 Å². The summed E-state index contributed by atoms with van der Waals surface area (Å²) in [5, 5.41) is 0.440. The number of rotatable bonds is 3. The van der Waals surface area contributed by atoms with Crippen LogP contribution in [0.5, 0.6) is 0 Å². The number of hydrogen-bond acceptors (Lipinski definition) is 5. The van der Waals surface area contributed by atoms with Gasteiger partial charge in [0.05, 0.1) is 20.5 Å². The van der Waals surface area contributed by atoms with Crippen LogP contribution in [0.25, 0.3) is 11.2 Å². The summed E-state index contributed by atoms with van der Waals surface area (Å²) in [5.41, 5.74) is -0.334. The molecule has 1 aliphatic rings. The Hall–Kier alpha value is -2.20. The molecule has 11 heteroatoms. The number of pyridine rings is 1. The zero-order valence-electron chi connectivity index (χ0n) is 16.0. The van der Waals surface area contributed by atoms with Crippen molar-refractivity contribution in [1.29, 1.82) is 0 Å². The van der Waals surface area contributed by atoms with E-state index in [0.717, 1.165) is 0 Å². The second-order valence-corrected chi connectivity index (χ2v) is 9.85. The van der Waals surface area contributed by atoms with Gasteiger partial charge >= 0.3 is 11.1 Å². The molecular weight excluding hydrogens is 451 g/mol. The summed E-state index contributed by atoms with van der Waals surface area (Å²) in [7, 11) is -2.22. The van der Waals surface area contributed by atoms with Gasteiger partial charge in [-0.2, -0.15) is 4.31 Å². The van der Waals surface area contributed by atoms with Crippen molar-refractivity contribution in [3.05, 3.63) is 67.3 Å². The number of piperidine rings is 1. The fourth-order valence-electron chi connectivity index (χ4n) is 3.75. The molecule has 1 aromatic carbocycles. The summed E-state index contributed by atoms with van der Waals surface area (Å²) >= 11 is 11.9. The molecule has 3 aromatic rings. The summed E-state index contributed by atoms with van der Waals surface area (Å²) in [6.45, 7) is 0.395. The molecule has 30 heavy (non-hydrogen) atoms. The predicted molar refractivity (Wildman–Crippen MR) is 115 cm³/mol. The molecule has 4 rings (SSSR count). The Labute approximate surface area is 182 Å². The van der Waals surface area contributed by atoms with Crippen LogP contribution in [-0.2, 0) is 17.1 Å². The van der Waals surface area contributed by atoms with Gasteiger partial charge in [-0.05, 0) is 43.2 Å². The maximum atomic E-state index is 13.0. The van der Waals surface area contributed by atoms with Crippen LogP contribution >= 0.6 is 23.2 Å². The largest absolute Gasteiger partial charge is 0.318 e. The van der Waals surface area contributed by atoms with E-state index in [9.17, 15) is 18.0 Å². The van der Waals surface area contributed by atoms with E-state index in [-0.39, 0.29) is 34.1 Å². The first-order valence-electron chi connectivity index (χ1n) is 9.23. The number of nitrogens with zero attached hydrogens (tertiary/aromatic N) is 4. The van der Waals surface area contributed by atoms with Gasteiger partial charge < -0.3 is 4.57 Å². The summed E-state index contributed by atoms with van der Waals surface area (Å²) in [6, 6.07) is 7.28. The molecule has 0 atom stereocenters. The number of halogens is 2. The average Bonchev–Trinajstić information content (AvgIpc) is 2.74. The number of aryl methyl sites for hydroxylation is 1. The van der Waals surface area contributed by atoms with Gasteiger partial charge in [0.2, 0.25) is 10.0 Å². The van der Waals surface area contributed by atoms with Crippen LogP contribution in [0, 0.1) is 0 Å². The van der Waals surface area contributed by atoms with Gasteiger partial charge in [-0.15, -0.1) is 0 Å². The maximum Gasteiger partial charge on any atom is 0.318 e. The highest BCUT2D eigenvalue weighted by atomic mass is 35.5. The smallest absolute Gasteiger partial charge is 0.304 e. The lowest BCUT2D eigenvalue weighted by Gasteiger charge is -2.32. The first-order valence-corrected chi connectivity index (χ1v) is 11.4. The molecular formula is C19H18Cl2N4O4S. The Kier molecular flexibility index (Phi) is 5.48. The van der Waals surface area contributed by atoms with Gasteiger partial charge in [0.15, 0.2) is 5.65 Å². The number of benzene rings is 1. The third-order valence-corrected chi connectivity index (χ3v) is 8.01. The zero-order chi connectivity index (χ0) is 21.6. The van der Waals surface area contributed by atoms with Crippen LogP contribution in [0.3, 0.4) is 0 Å². The van der Waals surface area contributed by atoms with Crippen molar-refractivity contribution in [1.82, 2.24) is 18.4 Å². The van der Waals surface area contributed by atoms with E-state index < -0.39 is 21.1 Å². The second-order valence-electron chi connectivity index (χ2n) is 7.10. The van der Waals surface area contributed by atoms with Gasteiger partial charge in [-0.1, -0.05) is 23.2 Å². The van der Waals surface area contributed by atoms with E-state index in [1.807, 2.05) is 0 Å². The number of sulfonamides is 1. The van der Waals surface area contributed by atoms with Crippen LogP contribution in [0.2, 0.25) is 10.0 Å². The standard InChI is InChI=1S/C19H18Cl2N4O4S/c1-23-16-3-2-8-22-17(16)25(19(27)18(23)26)12-6-9-24(10-7-12)30(28,29)13-4-5-14(20)15(21)11-13/h2-5,8,11-12H,6-7,9-10H2,1H3.